The Hall–Kier alpha value is -2.23. The van der Waals surface area contributed by atoms with E-state index in [0.717, 1.165) is 11.4 Å². The topological polar surface area (TPSA) is 54.9 Å². The van der Waals surface area contributed by atoms with Crippen LogP contribution in [0.1, 0.15) is 21.7 Å². The minimum absolute atomic E-state index is 0.0190. The molecule has 2 rings (SSSR count). The zero-order chi connectivity index (χ0) is 13.0. The van der Waals surface area contributed by atoms with Gasteiger partial charge in [-0.05, 0) is 31.2 Å². The minimum atomic E-state index is 0.0190. The monoisotopic (exact) mass is 241 g/mol. The molecule has 0 bridgehead atoms. The van der Waals surface area contributed by atoms with Crippen LogP contribution in [0.5, 0.6) is 0 Å². The number of carbonyl (C=O) groups excluding carboxylic acids is 1. The second-order valence-electron chi connectivity index (χ2n) is 4.02. The molecule has 0 aromatic carbocycles. The third kappa shape index (κ3) is 2.71. The van der Waals surface area contributed by atoms with Crippen LogP contribution in [0, 0.1) is 6.92 Å². The first-order chi connectivity index (χ1) is 8.70. The van der Waals surface area contributed by atoms with E-state index in [4.69, 9.17) is 0 Å². The van der Waals surface area contributed by atoms with E-state index in [2.05, 4.69) is 15.3 Å². The molecule has 4 heteroatoms. The van der Waals surface area contributed by atoms with Crippen LogP contribution in [0.15, 0.2) is 36.5 Å². The van der Waals surface area contributed by atoms with Gasteiger partial charge in [-0.25, -0.2) is 4.98 Å². The van der Waals surface area contributed by atoms with E-state index in [-0.39, 0.29) is 5.78 Å². The Balaban J connectivity index is 2.24. The Morgan fingerprint density at radius 3 is 2.78 bits per heavy atom. The average molecular weight is 241 g/mol. The van der Waals surface area contributed by atoms with Gasteiger partial charge in [0.25, 0.3) is 0 Å². The molecule has 0 spiro atoms. The molecule has 0 saturated heterocycles. The highest BCUT2D eigenvalue weighted by Crippen LogP contribution is 2.15. The predicted octanol–water partition coefficient (Wildman–Crippen LogP) is 2.25. The Kier molecular flexibility index (Phi) is 3.67. The average Bonchev–Trinajstić information content (AvgIpc) is 2.39. The van der Waals surface area contributed by atoms with Gasteiger partial charge >= 0.3 is 0 Å². The third-order valence-corrected chi connectivity index (χ3v) is 2.64. The molecule has 92 valence electrons. The summed E-state index contributed by atoms with van der Waals surface area (Å²) in [6.45, 7) is 1.90. The van der Waals surface area contributed by atoms with Crippen LogP contribution in [0.3, 0.4) is 0 Å². The fraction of sp³-hybridized carbons (Fsp3) is 0.214. The van der Waals surface area contributed by atoms with E-state index in [1.807, 2.05) is 31.2 Å². The maximum Gasteiger partial charge on any atom is 0.172 e. The molecule has 1 N–H and O–H groups in total. The number of anilines is 1. The number of Topliss-reactive ketones (excluding diaryl/α,β-unsaturated/α-hetero) is 1. The fourth-order valence-corrected chi connectivity index (χ4v) is 1.73. The summed E-state index contributed by atoms with van der Waals surface area (Å²) < 4.78 is 0. The van der Waals surface area contributed by atoms with Crippen LogP contribution in [-0.2, 0) is 6.42 Å². The maximum absolute atomic E-state index is 12.2. The summed E-state index contributed by atoms with van der Waals surface area (Å²) >= 11 is 0. The van der Waals surface area contributed by atoms with Crippen molar-refractivity contribution in [1.29, 1.82) is 0 Å². The molecule has 0 saturated carbocycles. The summed E-state index contributed by atoms with van der Waals surface area (Å²) in [6.07, 6.45) is 1.98. The van der Waals surface area contributed by atoms with Crippen molar-refractivity contribution in [2.45, 2.75) is 13.3 Å². The van der Waals surface area contributed by atoms with Gasteiger partial charge < -0.3 is 5.32 Å². The quantitative estimate of drug-likeness (QED) is 0.834. The largest absolute Gasteiger partial charge is 0.373 e. The molecule has 0 radical (unpaired) electrons. The van der Waals surface area contributed by atoms with E-state index >= 15 is 0 Å². The van der Waals surface area contributed by atoms with Gasteiger partial charge in [0, 0.05) is 24.6 Å². The number of pyridine rings is 2. The molecule has 2 aromatic heterocycles. The second kappa shape index (κ2) is 5.40. The van der Waals surface area contributed by atoms with Crippen molar-refractivity contribution < 1.29 is 4.79 Å². The van der Waals surface area contributed by atoms with Gasteiger partial charge in [0.15, 0.2) is 5.78 Å². The van der Waals surface area contributed by atoms with Gasteiger partial charge in [-0.3, -0.25) is 9.78 Å². The van der Waals surface area contributed by atoms with Crippen molar-refractivity contribution in [3.8, 4) is 0 Å². The lowest BCUT2D eigenvalue weighted by Crippen LogP contribution is -2.09. The van der Waals surface area contributed by atoms with Crippen LogP contribution < -0.4 is 5.32 Å². The van der Waals surface area contributed by atoms with Crippen molar-refractivity contribution >= 4 is 11.6 Å². The van der Waals surface area contributed by atoms with Crippen molar-refractivity contribution in [2.24, 2.45) is 0 Å². The molecule has 0 atom stereocenters. The Morgan fingerprint density at radius 1 is 1.28 bits per heavy atom. The molecule has 18 heavy (non-hydrogen) atoms. The summed E-state index contributed by atoms with van der Waals surface area (Å²) in [5.41, 5.74) is 2.26. The second-order valence-corrected chi connectivity index (χ2v) is 4.02. The number of aryl methyl sites for hydroxylation is 1. The van der Waals surface area contributed by atoms with E-state index in [1.54, 1.807) is 19.3 Å². The SMILES string of the molecule is CNc1nc(C)ccc1C(=O)Cc1ccccn1. The predicted molar refractivity (Wildman–Crippen MR) is 70.8 cm³/mol. The number of ketones is 1. The van der Waals surface area contributed by atoms with Gasteiger partial charge in [-0.2, -0.15) is 0 Å². The molecule has 0 unspecified atom stereocenters. The summed E-state index contributed by atoms with van der Waals surface area (Å²) in [5.74, 6) is 0.640. The standard InChI is InChI=1S/C14H15N3O/c1-10-6-7-12(14(15-2)17-10)13(18)9-11-5-3-4-8-16-11/h3-8H,9H2,1-2H3,(H,15,17). The molecule has 4 nitrogen and oxygen atoms in total. The number of carbonyl (C=O) groups is 1. The van der Waals surface area contributed by atoms with Crippen molar-refractivity contribution in [1.82, 2.24) is 9.97 Å². The van der Waals surface area contributed by atoms with Crippen LogP contribution in [-0.4, -0.2) is 22.8 Å². The van der Waals surface area contributed by atoms with Gasteiger partial charge in [0.1, 0.15) is 5.82 Å². The lowest BCUT2D eigenvalue weighted by Gasteiger charge is -2.07. The number of hydrogen-bond acceptors (Lipinski definition) is 4. The Bertz CT molecular complexity index is 552. The Labute approximate surface area is 106 Å². The van der Waals surface area contributed by atoms with Gasteiger partial charge in [-0.1, -0.05) is 6.07 Å². The highest BCUT2D eigenvalue weighted by Gasteiger charge is 2.13. The number of nitrogens with zero attached hydrogens (tertiary/aromatic N) is 2. The van der Waals surface area contributed by atoms with E-state index in [1.165, 1.54) is 0 Å². The third-order valence-electron chi connectivity index (χ3n) is 2.64. The van der Waals surface area contributed by atoms with Gasteiger partial charge in [0.05, 0.1) is 12.0 Å². The highest BCUT2D eigenvalue weighted by atomic mass is 16.1. The summed E-state index contributed by atoms with van der Waals surface area (Å²) in [6, 6.07) is 9.20. The van der Waals surface area contributed by atoms with Crippen LogP contribution >= 0.6 is 0 Å². The highest BCUT2D eigenvalue weighted by molar-refractivity contribution is 6.01. The summed E-state index contributed by atoms with van der Waals surface area (Å²) in [7, 11) is 1.76. The lowest BCUT2D eigenvalue weighted by molar-refractivity contribution is 0.0992. The molecule has 0 amide bonds. The molecule has 0 aliphatic rings. The van der Waals surface area contributed by atoms with Crippen molar-refractivity contribution in [3.05, 3.63) is 53.5 Å². The first-order valence-corrected chi connectivity index (χ1v) is 5.79. The molecular formula is C14H15N3O. The minimum Gasteiger partial charge on any atom is -0.373 e. The first-order valence-electron chi connectivity index (χ1n) is 5.79. The van der Waals surface area contributed by atoms with E-state index in [9.17, 15) is 4.79 Å². The van der Waals surface area contributed by atoms with Crippen molar-refractivity contribution in [3.63, 3.8) is 0 Å². The summed E-state index contributed by atoms with van der Waals surface area (Å²) in [5, 5.41) is 2.95. The fourth-order valence-electron chi connectivity index (χ4n) is 1.73. The molecule has 0 aliphatic heterocycles. The zero-order valence-electron chi connectivity index (χ0n) is 10.5. The zero-order valence-corrected chi connectivity index (χ0v) is 10.5. The number of rotatable bonds is 4. The van der Waals surface area contributed by atoms with Gasteiger partial charge in [0.2, 0.25) is 0 Å². The summed E-state index contributed by atoms with van der Waals surface area (Å²) in [4.78, 5) is 20.6. The smallest absolute Gasteiger partial charge is 0.172 e. The maximum atomic E-state index is 12.2. The lowest BCUT2D eigenvalue weighted by atomic mass is 10.1. The normalized spacial score (nSPS) is 10.1. The molecular weight excluding hydrogens is 226 g/mol. The van der Waals surface area contributed by atoms with Crippen LogP contribution in [0.2, 0.25) is 0 Å². The van der Waals surface area contributed by atoms with Gasteiger partial charge in [-0.15, -0.1) is 0 Å². The Morgan fingerprint density at radius 2 is 2.11 bits per heavy atom. The number of nitrogens with one attached hydrogen (secondary N) is 1. The van der Waals surface area contributed by atoms with Crippen LogP contribution in [0.4, 0.5) is 5.82 Å². The van der Waals surface area contributed by atoms with E-state index < -0.39 is 0 Å². The molecule has 0 fully saturated rings. The van der Waals surface area contributed by atoms with Crippen molar-refractivity contribution in [2.75, 3.05) is 12.4 Å². The van der Waals surface area contributed by atoms with E-state index in [0.29, 0.717) is 17.8 Å². The molecule has 2 aromatic rings. The molecule has 0 aliphatic carbocycles. The number of hydrogen-bond donors (Lipinski definition) is 1. The molecule has 2 heterocycles. The first kappa shape index (κ1) is 12.2. The van der Waals surface area contributed by atoms with Crippen LogP contribution in [0.25, 0.3) is 0 Å². The number of aromatic nitrogens is 2.